The lowest BCUT2D eigenvalue weighted by Gasteiger charge is -2.25. The van der Waals surface area contributed by atoms with Gasteiger partial charge in [-0.05, 0) is 31.8 Å². The summed E-state index contributed by atoms with van der Waals surface area (Å²) < 4.78 is 11.0. The Morgan fingerprint density at radius 2 is 1.89 bits per heavy atom. The number of carbonyl (C=O) groups excluding carboxylic acids is 1. The van der Waals surface area contributed by atoms with E-state index in [2.05, 4.69) is 18.1 Å². The van der Waals surface area contributed by atoms with E-state index < -0.39 is 23.6 Å². The molecule has 0 fully saturated rings. The van der Waals surface area contributed by atoms with Crippen LogP contribution in [0, 0.1) is 0 Å². The number of amides is 1. The molecule has 0 heterocycles. The molecule has 0 aromatic heterocycles. The van der Waals surface area contributed by atoms with Crippen molar-refractivity contribution in [1.29, 1.82) is 0 Å². The molecule has 0 saturated heterocycles. The summed E-state index contributed by atoms with van der Waals surface area (Å²) in [6.45, 7) is 8.39. The van der Waals surface area contributed by atoms with Gasteiger partial charge in [-0.2, -0.15) is 0 Å². The van der Waals surface area contributed by atoms with Crippen LogP contribution in [0.1, 0.15) is 5.56 Å². The van der Waals surface area contributed by atoms with Crippen LogP contribution in [0.2, 0.25) is 26.2 Å². The summed E-state index contributed by atoms with van der Waals surface area (Å²) in [5, 5.41) is 0. The first-order valence-corrected chi connectivity index (χ1v) is 11.7. The van der Waals surface area contributed by atoms with Crippen molar-refractivity contribution in [3.8, 4) is 0 Å². The fourth-order valence-electron chi connectivity index (χ4n) is 1.62. The fourth-order valence-corrected chi connectivity index (χ4v) is 7.14. The van der Waals surface area contributed by atoms with Crippen LogP contribution in [0.15, 0.2) is 30.3 Å². The van der Waals surface area contributed by atoms with E-state index in [1.54, 1.807) is 0 Å². The molecule has 1 aromatic rings. The van der Waals surface area contributed by atoms with Gasteiger partial charge in [-0.25, -0.2) is 4.79 Å². The number of hydrogen-bond donors (Lipinski definition) is 1. The number of ether oxygens (including phenoxy) is 1. The zero-order chi connectivity index (χ0) is 13.6. The maximum Gasteiger partial charge on any atom is 0.401 e. The Morgan fingerprint density at radius 3 is 2.44 bits per heavy atom. The molecule has 0 atom stereocenters. The molecule has 1 rings (SSSR count). The van der Waals surface area contributed by atoms with Gasteiger partial charge >= 0.3 is 6.09 Å². The smallest absolute Gasteiger partial charge is 0.401 e. The SMILES string of the molecule is C[SiH](C)O[Si](C)(C)NC(=O)OCc1ccccc1. The molecule has 0 aliphatic rings. The largest absolute Gasteiger partial charge is 0.445 e. The number of rotatable bonds is 5. The molecular formula is C12H21NO3Si2. The van der Waals surface area contributed by atoms with Crippen LogP contribution in [0.4, 0.5) is 4.79 Å². The van der Waals surface area contributed by atoms with Crippen LogP contribution < -0.4 is 4.98 Å². The summed E-state index contributed by atoms with van der Waals surface area (Å²) in [6, 6.07) is 9.62. The van der Waals surface area contributed by atoms with Crippen molar-refractivity contribution in [1.82, 2.24) is 4.98 Å². The highest BCUT2D eigenvalue weighted by Crippen LogP contribution is 2.05. The highest BCUT2D eigenvalue weighted by atomic mass is 28.4. The first kappa shape index (κ1) is 14.9. The first-order chi connectivity index (χ1) is 8.39. The Kier molecular flexibility index (Phi) is 5.58. The van der Waals surface area contributed by atoms with Gasteiger partial charge in [0.2, 0.25) is 0 Å². The molecule has 100 valence electrons. The third-order valence-corrected chi connectivity index (χ3v) is 7.20. The lowest BCUT2D eigenvalue weighted by atomic mass is 10.2. The first-order valence-electron chi connectivity index (χ1n) is 6.06. The van der Waals surface area contributed by atoms with E-state index in [0.717, 1.165) is 5.56 Å². The van der Waals surface area contributed by atoms with Gasteiger partial charge in [-0.15, -0.1) is 0 Å². The van der Waals surface area contributed by atoms with E-state index >= 15 is 0 Å². The van der Waals surface area contributed by atoms with E-state index in [9.17, 15) is 4.79 Å². The van der Waals surface area contributed by atoms with Crippen LogP contribution in [-0.4, -0.2) is 23.6 Å². The molecule has 0 radical (unpaired) electrons. The monoisotopic (exact) mass is 283 g/mol. The summed E-state index contributed by atoms with van der Waals surface area (Å²) >= 11 is 0. The van der Waals surface area contributed by atoms with Crippen molar-refractivity contribution in [2.45, 2.75) is 32.8 Å². The third-order valence-electron chi connectivity index (χ3n) is 2.15. The molecule has 1 aromatic carbocycles. The van der Waals surface area contributed by atoms with Gasteiger partial charge in [0, 0.05) is 0 Å². The Balaban J connectivity index is 2.38. The Morgan fingerprint density at radius 1 is 1.28 bits per heavy atom. The van der Waals surface area contributed by atoms with Gasteiger partial charge in [-0.1, -0.05) is 30.3 Å². The molecule has 6 heteroatoms. The fraction of sp³-hybridized carbons (Fsp3) is 0.417. The number of nitrogens with one attached hydrogen (secondary N) is 1. The van der Waals surface area contributed by atoms with E-state index in [4.69, 9.17) is 8.85 Å². The molecule has 1 N–H and O–H groups in total. The molecule has 0 aliphatic carbocycles. The summed E-state index contributed by atoms with van der Waals surface area (Å²) in [5.41, 5.74) is 0.978. The predicted octanol–water partition coefficient (Wildman–Crippen LogP) is 2.61. The average molecular weight is 283 g/mol. The van der Waals surface area contributed by atoms with Crippen LogP contribution in [-0.2, 0) is 15.5 Å². The number of carbonyl (C=O) groups is 1. The minimum absolute atomic E-state index is 0.288. The van der Waals surface area contributed by atoms with Crippen molar-refractivity contribution in [3.05, 3.63) is 35.9 Å². The van der Waals surface area contributed by atoms with Crippen LogP contribution in [0.25, 0.3) is 0 Å². The van der Waals surface area contributed by atoms with Gasteiger partial charge in [0.15, 0.2) is 9.04 Å². The van der Waals surface area contributed by atoms with Crippen LogP contribution in [0.5, 0.6) is 0 Å². The quantitative estimate of drug-likeness (QED) is 0.845. The van der Waals surface area contributed by atoms with Gasteiger partial charge in [-0.3, -0.25) is 0 Å². The van der Waals surface area contributed by atoms with Crippen molar-refractivity contribution in [2.24, 2.45) is 0 Å². The van der Waals surface area contributed by atoms with E-state index in [0.29, 0.717) is 0 Å². The normalized spacial score (nSPS) is 11.4. The summed E-state index contributed by atoms with van der Waals surface area (Å²) in [7, 11) is -3.27. The molecule has 0 unspecified atom stereocenters. The molecule has 0 saturated carbocycles. The summed E-state index contributed by atoms with van der Waals surface area (Å²) in [6.07, 6.45) is -0.398. The standard InChI is InChI=1S/C12H21NO3Si2/c1-17(2)16-18(3,4)13-12(14)15-10-11-8-6-5-7-9-11/h5-9,17H,10H2,1-4H3,(H,13,14). The van der Waals surface area contributed by atoms with Crippen molar-refractivity contribution in [3.63, 3.8) is 0 Å². The second kappa shape index (κ2) is 6.72. The van der Waals surface area contributed by atoms with E-state index in [-0.39, 0.29) is 6.61 Å². The molecule has 1 amide bonds. The van der Waals surface area contributed by atoms with E-state index in [1.165, 1.54) is 0 Å². The highest BCUT2D eigenvalue weighted by Gasteiger charge is 2.27. The van der Waals surface area contributed by atoms with Crippen molar-refractivity contribution < 1.29 is 13.6 Å². The maximum atomic E-state index is 11.7. The lowest BCUT2D eigenvalue weighted by Crippen LogP contribution is -2.53. The Bertz CT molecular complexity index is 382. The molecule has 4 nitrogen and oxygen atoms in total. The zero-order valence-electron chi connectivity index (χ0n) is 11.4. The Labute approximate surface area is 111 Å². The van der Waals surface area contributed by atoms with Crippen LogP contribution in [0.3, 0.4) is 0 Å². The topological polar surface area (TPSA) is 47.6 Å². The molecule has 18 heavy (non-hydrogen) atoms. The van der Waals surface area contributed by atoms with E-state index in [1.807, 2.05) is 43.4 Å². The number of benzene rings is 1. The van der Waals surface area contributed by atoms with Gasteiger partial charge < -0.3 is 13.8 Å². The Hall–Kier alpha value is -1.12. The number of hydrogen-bond acceptors (Lipinski definition) is 3. The van der Waals surface area contributed by atoms with Gasteiger partial charge in [0.05, 0.1) is 0 Å². The molecule has 0 aliphatic heterocycles. The van der Waals surface area contributed by atoms with Crippen molar-refractivity contribution in [2.75, 3.05) is 0 Å². The maximum absolute atomic E-state index is 11.7. The molecular weight excluding hydrogens is 262 g/mol. The second-order valence-corrected chi connectivity index (χ2v) is 11.2. The molecule has 0 bridgehead atoms. The highest BCUT2D eigenvalue weighted by molar-refractivity contribution is 6.77. The summed E-state index contributed by atoms with van der Waals surface area (Å²) in [5.74, 6) is 0. The van der Waals surface area contributed by atoms with Gasteiger partial charge in [0.25, 0.3) is 8.48 Å². The second-order valence-electron chi connectivity index (χ2n) is 4.86. The minimum Gasteiger partial charge on any atom is -0.445 e. The molecule has 0 spiro atoms. The average Bonchev–Trinajstić information content (AvgIpc) is 2.25. The zero-order valence-corrected chi connectivity index (χ0v) is 13.6. The van der Waals surface area contributed by atoms with Gasteiger partial charge in [0.1, 0.15) is 6.61 Å². The minimum atomic E-state index is -2.13. The lowest BCUT2D eigenvalue weighted by molar-refractivity contribution is 0.144. The summed E-state index contributed by atoms with van der Waals surface area (Å²) in [4.78, 5) is 14.5. The van der Waals surface area contributed by atoms with Crippen molar-refractivity contribution >= 4 is 23.6 Å². The third kappa shape index (κ3) is 5.99. The van der Waals surface area contributed by atoms with Crippen LogP contribution >= 0.6 is 0 Å². The predicted molar refractivity (Wildman–Crippen MR) is 77.2 cm³/mol.